The summed E-state index contributed by atoms with van der Waals surface area (Å²) in [5, 5.41) is 2.97. The quantitative estimate of drug-likeness (QED) is 0.126. The molecular formula is C60H67Cl2SiZr. The fourth-order valence-electron chi connectivity index (χ4n) is 12.2. The minimum atomic E-state index is -5.80. The van der Waals surface area contributed by atoms with Crippen molar-refractivity contribution in [2.24, 2.45) is 11.8 Å². The molecule has 2 atom stereocenters. The van der Waals surface area contributed by atoms with Gasteiger partial charge in [-0.15, -0.1) is 0 Å². The van der Waals surface area contributed by atoms with Gasteiger partial charge >= 0.3 is 399 Å². The topological polar surface area (TPSA) is 0 Å². The normalized spacial score (nSPS) is 17.8. The molecule has 2 unspecified atom stereocenters. The van der Waals surface area contributed by atoms with E-state index < -0.39 is 25.9 Å². The molecule has 1 heterocycles. The van der Waals surface area contributed by atoms with E-state index in [0.29, 0.717) is 0 Å². The summed E-state index contributed by atoms with van der Waals surface area (Å²) >= 11 is -5.80. The maximum absolute atomic E-state index is 9.58. The first-order valence-corrected chi connectivity index (χ1v) is 35.8. The van der Waals surface area contributed by atoms with Crippen LogP contribution in [0.1, 0.15) is 135 Å². The fraction of sp³-hybridized carbons (Fsp3) is 0.333. The van der Waals surface area contributed by atoms with Gasteiger partial charge in [0.1, 0.15) is 0 Å². The van der Waals surface area contributed by atoms with Crippen LogP contribution in [0.15, 0.2) is 126 Å². The van der Waals surface area contributed by atoms with Gasteiger partial charge in [-0.25, -0.2) is 0 Å². The molecule has 4 heteroatoms. The van der Waals surface area contributed by atoms with Crippen molar-refractivity contribution in [2.75, 3.05) is 0 Å². The van der Waals surface area contributed by atoms with Crippen molar-refractivity contribution in [3.63, 3.8) is 0 Å². The van der Waals surface area contributed by atoms with E-state index >= 15 is 0 Å². The SMILES string of the molecule is CCc1ccccc1-c1c(C(C)(C)C)ccc2c1C=C(C(C)C)[CH]2[Zr]([Cl])([Cl])([c]1cccc2c1[SiH2]c1ccccc1-2)[CH]1C(C(C)C)=Cc2c1ccc(C(C)(C)C)c2-c1ccccc1CC. The first kappa shape index (κ1) is 45.6. The number of benzene rings is 6. The van der Waals surface area contributed by atoms with Crippen LogP contribution in [-0.4, -0.2) is 9.52 Å². The van der Waals surface area contributed by atoms with Gasteiger partial charge in [0.05, 0.1) is 0 Å². The van der Waals surface area contributed by atoms with Crippen molar-refractivity contribution >= 4 is 52.3 Å². The molecule has 329 valence electrons. The van der Waals surface area contributed by atoms with Crippen LogP contribution in [-0.2, 0) is 40.1 Å². The molecule has 0 radical (unpaired) electrons. The van der Waals surface area contributed by atoms with E-state index in [-0.39, 0.29) is 29.9 Å². The van der Waals surface area contributed by atoms with Crippen molar-refractivity contribution in [1.29, 1.82) is 0 Å². The molecule has 0 amide bonds. The molecule has 9 rings (SSSR count). The molecule has 0 bridgehead atoms. The van der Waals surface area contributed by atoms with E-state index in [0.717, 1.165) is 12.8 Å². The van der Waals surface area contributed by atoms with Crippen LogP contribution < -0.4 is 13.6 Å². The zero-order valence-electron chi connectivity index (χ0n) is 40.3. The number of allylic oxidation sites excluding steroid dienone is 2. The number of hydrogen-bond donors (Lipinski definition) is 0. The van der Waals surface area contributed by atoms with E-state index in [9.17, 15) is 17.0 Å². The molecule has 0 nitrogen and oxygen atoms in total. The molecule has 3 aliphatic rings. The van der Waals surface area contributed by atoms with Crippen LogP contribution in [0.5, 0.6) is 0 Å². The van der Waals surface area contributed by atoms with Gasteiger partial charge in [0.15, 0.2) is 0 Å². The summed E-state index contributed by atoms with van der Waals surface area (Å²) in [6, 6.07) is 44.2. The summed E-state index contributed by atoms with van der Waals surface area (Å²) in [5.74, 6) is 0.452. The molecule has 0 spiro atoms. The molecule has 0 saturated carbocycles. The summed E-state index contributed by atoms with van der Waals surface area (Å²) in [6.45, 7) is 28.3. The Balaban J connectivity index is 1.44. The Morgan fingerprint density at radius 3 is 1.38 bits per heavy atom. The van der Waals surface area contributed by atoms with Gasteiger partial charge in [0.2, 0.25) is 0 Å². The van der Waals surface area contributed by atoms with Gasteiger partial charge in [-0.1, -0.05) is 0 Å². The van der Waals surface area contributed by atoms with Gasteiger partial charge < -0.3 is 0 Å². The average molecular weight is 978 g/mol. The van der Waals surface area contributed by atoms with Gasteiger partial charge in [-0.05, 0) is 0 Å². The van der Waals surface area contributed by atoms with Crippen LogP contribution in [0, 0.1) is 11.8 Å². The molecule has 6 aromatic rings. The summed E-state index contributed by atoms with van der Waals surface area (Å²) in [6.07, 6.45) is 7.09. The number of fused-ring (bicyclic) bond motifs is 5. The maximum atomic E-state index is 9.58. The van der Waals surface area contributed by atoms with Crippen LogP contribution >= 0.6 is 17.0 Å². The monoisotopic (exact) mass is 975 g/mol. The van der Waals surface area contributed by atoms with Gasteiger partial charge in [0.25, 0.3) is 0 Å². The van der Waals surface area contributed by atoms with E-state index in [4.69, 9.17) is 0 Å². The second kappa shape index (κ2) is 16.4. The third-order valence-electron chi connectivity index (χ3n) is 15.2. The van der Waals surface area contributed by atoms with Crippen LogP contribution in [0.3, 0.4) is 0 Å². The Hall–Kier alpha value is -3.52. The van der Waals surface area contributed by atoms with Crippen molar-refractivity contribution < 1.29 is 16.4 Å². The van der Waals surface area contributed by atoms with Crippen LogP contribution in [0.4, 0.5) is 0 Å². The molecule has 0 fully saturated rings. The first-order chi connectivity index (χ1) is 30.3. The Bertz CT molecular complexity index is 2760. The molecule has 0 aromatic heterocycles. The van der Waals surface area contributed by atoms with E-state index in [1.807, 2.05) is 0 Å². The Morgan fingerprint density at radius 2 is 0.938 bits per heavy atom. The van der Waals surface area contributed by atoms with Crippen LogP contribution in [0.25, 0.3) is 45.5 Å². The standard InChI is InChI=1S/2C24H29.C12H9Si.2ClH.Zr/c2*1-7-17-10-8-9-11-20(17)23-21-15-19(16(2)3)14-18(21)12-13-22(23)24(4,5)6;1-3-7-11-9(5-1)10-6-2-4-8-12(10)13-11;;;/h2*8-16H,7H2,1-6H3;1-7H,13H2;2*1H;/q;;;;;+2/p-2. The van der Waals surface area contributed by atoms with Gasteiger partial charge in [-0.3, -0.25) is 0 Å². The van der Waals surface area contributed by atoms with Crippen molar-refractivity contribution in [3.05, 3.63) is 171 Å². The van der Waals surface area contributed by atoms with Crippen molar-refractivity contribution in [3.8, 4) is 33.4 Å². The van der Waals surface area contributed by atoms with E-state index in [1.165, 1.54) is 103 Å². The molecule has 0 saturated heterocycles. The minimum absolute atomic E-state index is 0.0827. The molecule has 1 aliphatic heterocycles. The summed E-state index contributed by atoms with van der Waals surface area (Å²) in [7, 11) is 18.3. The second-order valence-corrected chi connectivity index (χ2v) is 44.2. The number of rotatable bonds is 9. The first-order valence-electron chi connectivity index (χ1n) is 24.0. The number of hydrogen-bond acceptors (Lipinski definition) is 0. The van der Waals surface area contributed by atoms with Gasteiger partial charge in [-0.2, -0.15) is 0 Å². The third-order valence-corrected chi connectivity index (χ3v) is 37.8. The zero-order valence-corrected chi connectivity index (χ0v) is 45.7. The van der Waals surface area contributed by atoms with E-state index in [2.05, 4.69) is 210 Å². The number of halogens is 2. The second-order valence-electron chi connectivity index (χ2n) is 21.8. The average Bonchev–Trinajstić information content (AvgIpc) is 3.98. The molecule has 64 heavy (non-hydrogen) atoms. The van der Waals surface area contributed by atoms with Crippen molar-refractivity contribution in [1.82, 2.24) is 0 Å². The van der Waals surface area contributed by atoms with Gasteiger partial charge in [0, 0.05) is 0 Å². The number of aryl methyl sites for hydroxylation is 2. The molecular weight excluding hydrogens is 911 g/mol. The van der Waals surface area contributed by atoms with Crippen LogP contribution in [0.2, 0.25) is 0 Å². The summed E-state index contributed by atoms with van der Waals surface area (Å²) in [4.78, 5) is 0. The zero-order chi connectivity index (χ0) is 45.7. The Labute approximate surface area is 395 Å². The summed E-state index contributed by atoms with van der Waals surface area (Å²) in [5.41, 5.74) is 21.5. The molecule has 0 N–H and O–H groups in total. The fourth-order valence-corrected chi connectivity index (χ4v) is 40.4. The predicted molar refractivity (Wildman–Crippen MR) is 282 cm³/mol. The Kier molecular flexibility index (Phi) is 11.7. The molecule has 2 aliphatic carbocycles. The molecule has 6 aromatic carbocycles. The Morgan fingerprint density at radius 1 is 0.516 bits per heavy atom. The van der Waals surface area contributed by atoms with E-state index in [1.54, 1.807) is 0 Å². The third kappa shape index (κ3) is 7.06. The predicted octanol–water partition coefficient (Wildman–Crippen LogP) is 15.1. The van der Waals surface area contributed by atoms with Crippen molar-refractivity contribution in [2.45, 2.75) is 114 Å². The summed E-state index contributed by atoms with van der Waals surface area (Å²) < 4.78 is 1.01.